The van der Waals surface area contributed by atoms with Crippen LogP contribution >= 0.6 is 0 Å². The number of halogens is 3. The Morgan fingerprint density at radius 1 is 0.927 bits per heavy atom. The fraction of sp³-hybridized carbons (Fsp3) is 0.156. The molecule has 1 aromatic heterocycles. The zero-order chi connectivity index (χ0) is 29.1. The minimum atomic E-state index is -4.56. The van der Waals surface area contributed by atoms with E-state index in [0.29, 0.717) is 22.4 Å². The molecule has 208 valence electrons. The van der Waals surface area contributed by atoms with Crippen LogP contribution in [-0.2, 0) is 12.7 Å². The minimum absolute atomic E-state index is 0.00219. The number of anilines is 1. The molecule has 1 N–H and O–H groups in total. The molecule has 1 unspecified atom stereocenters. The molecule has 6 nitrogen and oxygen atoms in total. The molecule has 5 rings (SSSR count). The molecule has 0 spiro atoms. The summed E-state index contributed by atoms with van der Waals surface area (Å²) in [6.07, 6.45) is -4.56. The van der Waals surface area contributed by atoms with Gasteiger partial charge in [0.2, 0.25) is 0 Å². The number of nitrogens with zero attached hydrogens (tertiary/aromatic N) is 3. The molecule has 1 heterocycles. The van der Waals surface area contributed by atoms with E-state index in [1.54, 1.807) is 37.3 Å². The number of para-hydroxylation sites is 1. The van der Waals surface area contributed by atoms with Gasteiger partial charge in [0.25, 0.3) is 5.56 Å². The van der Waals surface area contributed by atoms with Gasteiger partial charge in [0.05, 0.1) is 28.2 Å². The monoisotopic (exact) mass is 556 g/mol. The Bertz CT molecular complexity index is 1770. The highest BCUT2D eigenvalue weighted by Crippen LogP contribution is 2.31. The van der Waals surface area contributed by atoms with Crippen LogP contribution in [0.1, 0.15) is 35.5 Å². The fourth-order valence-corrected chi connectivity index (χ4v) is 4.72. The third-order valence-corrected chi connectivity index (χ3v) is 6.80. The number of nitrogens with one attached hydrogen (secondary N) is 1. The molecule has 0 saturated heterocycles. The summed E-state index contributed by atoms with van der Waals surface area (Å²) in [5.41, 5.74) is 1.63. The van der Waals surface area contributed by atoms with E-state index >= 15 is 0 Å². The molecule has 4 aromatic carbocycles. The van der Waals surface area contributed by atoms with Crippen LogP contribution in [-0.4, -0.2) is 20.5 Å². The summed E-state index contributed by atoms with van der Waals surface area (Å²) in [5.74, 6) is 0.314. The topological polar surface area (TPSA) is 67.2 Å². The quantitative estimate of drug-likeness (QED) is 0.235. The van der Waals surface area contributed by atoms with E-state index in [9.17, 15) is 22.8 Å². The van der Waals surface area contributed by atoms with E-state index < -0.39 is 23.8 Å². The minimum Gasteiger partial charge on any atom is -0.310 e. The van der Waals surface area contributed by atoms with Gasteiger partial charge in [0.15, 0.2) is 0 Å². The second kappa shape index (κ2) is 11.3. The zero-order valence-corrected chi connectivity index (χ0v) is 22.4. The van der Waals surface area contributed by atoms with E-state index in [1.165, 1.54) is 21.6 Å². The Morgan fingerprint density at radius 2 is 1.63 bits per heavy atom. The molecule has 9 heteroatoms. The lowest BCUT2D eigenvalue weighted by molar-refractivity contribution is -0.137. The van der Waals surface area contributed by atoms with E-state index in [2.05, 4.69) is 5.32 Å². The Labute approximate surface area is 234 Å². The molecule has 0 aliphatic rings. The summed E-state index contributed by atoms with van der Waals surface area (Å²) in [7, 11) is 0. The SMILES string of the molecule is Cc1cccc(-n2c(C(C)N(Cc3ccccc3)C(=O)Nc3cccc(C(F)(F)F)c3)nc3ccccc3c2=O)c1. The van der Waals surface area contributed by atoms with E-state index in [1.807, 2.05) is 55.5 Å². The lowest BCUT2D eigenvalue weighted by Gasteiger charge is -2.31. The Kier molecular flexibility index (Phi) is 7.61. The van der Waals surface area contributed by atoms with Crippen molar-refractivity contribution in [3.8, 4) is 5.69 Å². The number of aromatic nitrogens is 2. The molecule has 2 amide bonds. The van der Waals surface area contributed by atoms with Crippen molar-refractivity contribution in [1.29, 1.82) is 0 Å². The van der Waals surface area contributed by atoms with Crippen molar-refractivity contribution in [3.05, 3.63) is 136 Å². The normalized spacial score (nSPS) is 12.2. The van der Waals surface area contributed by atoms with Crippen molar-refractivity contribution >= 4 is 22.6 Å². The number of hydrogen-bond acceptors (Lipinski definition) is 3. The predicted molar refractivity (Wildman–Crippen MR) is 153 cm³/mol. The van der Waals surface area contributed by atoms with Gasteiger partial charge in [-0.05, 0) is 67.4 Å². The van der Waals surface area contributed by atoms with Crippen molar-refractivity contribution in [2.24, 2.45) is 0 Å². The van der Waals surface area contributed by atoms with Gasteiger partial charge in [-0.25, -0.2) is 9.78 Å². The predicted octanol–water partition coefficient (Wildman–Crippen LogP) is 7.51. The molecule has 41 heavy (non-hydrogen) atoms. The summed E-state index contributed by atoms with van der Waals surface area (Å²) >= 11 is 0. The Morgan fingerprint density at radius 3 is 2.37 bits per heavy atom. The number of benzene rings is 4. The Hall–Kier alpha value is -4.92. The van der Waals surface area contributed by atoms with Gasteiger partial charge in [-0.3, -0.25) is 9.36 Å². The van der Waals surface area contributed by atoms with Crippen LogP contribution < -0.4 is 10.9 Å². The highest BCUT2D eigenvalue weighted by molar-refractivity contribution is 5.89. The van der Waals surface area contributed by atoms with E-state index in [0.717, 1.165) is 23.3 Å². The largest absolute Gasteiger partial charge is 0.416 e. The van der Waals surface area contributed by atoms with Crippen molar-refractivity contribution in [2.75, 3.05) is 5.32 Å². The standard InChI is InChI=1S/C32H27F3N4O2/c1-21-10-8-15-26(18-21)39-29(37-28-17-7-6-16-27(28)30(39)40)22(2)38(20-23-11-4-3-5-12-23)31(41)36-25-14-9-13-24(19-25)32(33,34)35/h3-19,22H,20H2,1-2H3,(H,36,41). The van der Waals surface area contributed by atoms with Gasteiger partial charge in [-0.2, -0.15) is 13.2 Å². The smallest absolute Gasteiger partial charge is 0.310 e. The number of rotatable bonds is 6. The molecule has 0 bridgehead atoms. The molecule has 1 atom stereocenters. The first-order valence-electron chi connectivity index (χ1n) is 13.0. The van der Waals surface area contributed by atoms with Crippen LogP contribution in [0.25, 0.3) is 16.6 Å². The van der Waals surface area contributed by atoms with Gasteiger partial charge >= 0.3 is 12.2 Å². The molecular formula is C32H27F3N4O2. The average molecular weight is 557 g/mol. The van der Waals surface area contributed by atoms with Gasteiger partial charge in [-0.15, -0.1) is 0 Å². The summed E-state index contributed by atoms with van der Waals surface area (Å²) in [5, 5.41) is 3.04. The lowest BCUT2D eigenvalue weighted by atomic mass is 10.1. The van der Waals surface area contributed by atoms with E-state index in [4.69, 9.17) is 4.98 Å². The van der Waals surface area contributed by atoms with Crippen LogP contribution in [0.3, 0.4) is 0 Å². The average Bonchev–Trinajstić information content (AvgIpc) is 2.95. The van der Waals surface area contributed by atoms with Crippen LogP contribution in [0, 0.1) is 6.92 Å². The third kappa shape index (κ3) is 5.99. The first kappa shape index (κ1) is 27.6. The van der Waals surface area contributed by atoms with Gasteiger partial charge in [-0.1, -0.05) is 60.7 Å². The van der Waals surface area contributed by atoms with Crippen molar-refractivity contribution < 1.29 is 18.0 Å². The first-order chi connectivity index (χ1) is 19.6. The number of carbonyl (C=O) groups is 1. The van der Waals surface area contributed by atoms with Crippen molar-refractivity contribution in [3.63, 3.8) is 0 Å². The highest BCUT2D eigenvalue weighted by atomic mass is 19.4. The molecule has 0 aliphatic heterocycles. The maximum atomic E-state index is 13.8. The number of fused-ring (bicyclic) bond motifs is 1. The van der Waals surface area contributed by atoms with Crippen LogP contribution in [0.5, 0.6) is 0 Å². The van der Waals surface area contributed by atoms with Crippen LogP contribution in [0.4, 0.5) is 23.7 Å². The summed E-state index contributed by atoms with van der Waals surface area (Å²) in [6, 6.07) is 26.7. The number of alkyl halides is 3. The second-order valence-corrected chi connectivity index (χ2v) is 9.76. The molecule has 0 radical (unpaired) electrons. The summed E-state index contributed by atoms with van der Waals surface area (Å²) in [6.45, 7) is 3.77. The summed E-state index contributed by atoms with van der Waals surface area (Å²) < 4.78 is 41.5. The second-order valence-electron chi connectivity index (χ2n) is 9.76. The number of aryl methyl sites for hydroxylation is 1. The molecule has 5 aromatic rings. The fourth-order valence-electron chi connectivity index (χ4n) is 4.72. The van der Waals surface area contributed by atoms with Crippen LogP contribution in [0.15, 0.2) is 108 Å². The maximum Gasteiger partial charge on any atom is 0.416 e. The summed E-state index contributed by atoms with van der Waals surface area (Å²) in [4.78, 5) is 33.9. The number of hydrogen-bond donors (Lipinski definition) is 1. The highest BCUT2D eigenvalue weighted by Gasteiger charge is 2.31. The lowest BCUT2D eigenvalue weighted by Crippen LogP contribution is -2.39. The number of urea groups is 1. The van der Waals surface area contributed by atoms with Gasteiger partial charge in [0.1, 0.15) is 5.82 Å². The number of amides is 2. The first-order valence-corrected chi connectivity index (χ1v) is 13.0. The van der Waals surface area contributed by atoms with Crippen molar-refractivity contribution in [1.82, 2.24) is 14.5 Å². The molecular weight excluding hydrogens is 529 g/mol. The molecule has 0 fully saturated rings. The Balaban J connectivity index is 1.63. The third-order valence-electron chi connectivity index (χ3n) is 6.80. The molecule has 0 saturated carbocycles. The molecule has 0 aliphatic carbocycles. The van der Waals surface area contributed by atoms with E-state index in [-0.39, 0.29) is 17.8 Å². The van der Waals surface area contributed by atoms with Crippen molar-refractivity contribution in [2.45, 2.75) is 32.6 Å². The number of carbonyl (C=O) groups excluding carboxylic acids is 1. The zero-order valence-electron chi connectivity index (χ0n) is 22.4. The van der Waals surface area contributed by atoms with Crippen LogP contribution in [0.2, 0.25) is 0 Å². The van der Waals surface area contributed by atoms with Gasteiger partial charge < -0.3 is 10.2 Å². The maximum absolute atomic E-state index is 13.8. The van der Waals surface area contributed by atoms with Gasteiger partial charge in [0, 0.05) is 12.2 Å².